The van der Waals surface area contributed by atoms with Crippen LogP contribution in [0.25, 0.3) is 0 Å². The molecule has 0 saturated carbocycles. The van der Waals surface area contributed by atoms with Crippen LogP contribution < -0.4 is 10.2 Å². The lowest BCUT2D eigenvalue weighted by atomic mass is 10.1. The van der Waals surface area contributed by atoms with Crippen LogP contribution in [0.1, 0.15) is 49.0 Å². The zero-order valence-corrected chi connectivity index (χ0v) is 16.7. The molecule has 1 N–H and O–H groups in total. The molecule has 1 aliphatic heterocycles. The number of aromatic nitrogens is 1. The number of aryl methyl sites for hydroxylation is 1. The van der Waals surface area contributed by atoms with Crippen molar-refractivity contribution in [1.29, 1.82) is 0 Å². The van der Waals surface area contributed by atoms with Crippen molar-refractivity contribution in [2.75, 3.05) is 36.4 Å². The number of hydrogen-bond acceptors (Lipinski definition) is 4. The van der Waals surface area contributed by atoms with Crippen molar-refractivity contribution >= 4 is 23.0 Å². The first-order chi connectivity index (χ1) is 13.1. The number of anilines is 3. The molecule has 2 heterocycles. The van der Waals surface area contributed by atoms with Crippen LogP contribution in [0.5, 0.6) is 0 Å². The highest BCUT2D eigenvalue weighted by atomic mass is 16.2. The van der Waals surface area contributed by atoms with E-state index in [4.69, 9.17) is 0 Å². The standard InChI is InChI=1S/C22H30N4O/c1-4-25(5-2)20-9-10-21(17(3)13-20)24-19-14-18(15-23-16-19)22(27)26-11-7-6-8-12-26/h9-10,13-16,24H,4-8,11-12H2,1-3H3. The lowest BCUT2D eigenvalue weighted by Gasteiger charge is -2.26. The summed E-state index contributed by atoms with van der Waals surface area (Å²) in [6.45, 7) is 10.1. The van der Waals surface area contributed by atoms with Crippen LogP contribution in [0.15, 0.2) is 36.7 Å². The van der Waals surface area contributed by atoms with E-state index in [9.17, 15) is 4.79 Å². The summed E-state index contributed by atoms with van der Waals surface area (Å²) in [5, 5.41) is 3.42. The smallest absolute Gasteiger partial charge is 0.255 e. The number of piperidine rings is 1. The quantitative estimate of drug-likeness (QED) is 0.811. The molecular weight excluding hydrogens is 336 g/mol. The second-order valence-corrected chi connectivity index (χ2v) is 7.11. The number of carbonyl (C=O) groups excluding carboxylic acids is 1. The van der Waals surface area contributed by atoms with E-state index in [0.717, 1.165) is 50.4 Å². The lowest BCUT2D eigenvalue weighted by molar-refractivity contribution is 0.0724. The molecule has 1 saturated heterocycles. The van der Waals surface area contributed by atoms with Gasteiger partial charge in [0.2, 0.25) is 0 Å². The number of carbonyl (C=O) groups is 1. The Morgan fingerprint density at radius 1 is 1.11 bits per heavy atom. The topological polar surface area (TPSA) is 48.5 Å². The number of nitrogens with one attached hydrogen (secondary N) is 1. The van der Waals surface area contributed by atoms with Gasteiger partial charge in [-0.1, -0.05) is 0 Å². The van der Waals surface area contributed by atoms with Gasteiger partial charge in [0.15, 0.2) is 0 Å². The molecule has 5 nitrogen and oxygen atoms in total. The summed E-state index contributed by atoms with van der Waals surface area (Å²) in [5.41, 5.74) is 4.94. The maximum Gasteiger partial charge on any atom is 0.255 e. The minimum Gasteiger partial charge on any atom is -0.372 e. The zero-order chi connectivity index (χ0) is 19.2. The minimum atomic E-state index is 0.0828. The van der Waals surface area contributed by atoms with Gasteiger partial charge in [-0.05, 0) is 69.9 Å². The fourth-order valence-corrected chi connectivity index (χ4v) is 3.63. The summed E-state index contributed by atoms with van der Waals surface area (Å²) in [4.78, 5) is 21.3. The summed E-state index contributed by atoms with van der Waals surface area (Å²) < 4.78 is 0. The lowest BCUT2D eigenvalue weighted by Crippen LogP contribution is -2.35. The van der Waals surface area contributed by atoms with Gasteiger partial charge in [-0.3, -0.25) is 9.78 Å². The van der Waals surface area contributed by atoms with Gasteiger partial charge in [0, 0.05) is 43.8 Å². The molecule has 1 aliphatic rings. The van der Waals surface area contributed by atoms with E-state index in [2.05, 4.69) is 54.2 Å². The molecule has 27 heavy (non-hydrogen) atoms. The molecule has 1 fully saturated rings. The molecule has 3 rings (SSSR count). The molecule has 0 unspecified atom stereocenters. The highest BCUT2D eigenvalue weighted by Crippen LogP contribution is 2.26. The van der Waals surface area contributed by atoms with Crippen LogP contribution in [0.3, 0.4) is 0 Å². The molecule has 2 aromatic rings. The van der Waals surface area contributed by atoms with Crippen LogP contribution in [-0.2, 0) is 0 Å². The third-order valence-electron chi connectivity index (χ3n) is 5.25. The van der Waals surface area contributed by atoms with Gasteiger partial charge in [0.1, 0.15) is 0 Å². The predicted octanol–water partition coefficient (Wildman–Crippen LogP) is 4.61. The first kappa shape index (κ1) is 19.2. The Morgan fingerprint density at radius 2 is 1.85 bits per heavy atom. The van der Waals surface area contributed by atoms with E-state index < -0.39 is 0 Å². The number of amides is 1. The number of rotatable bonds is 6. The van der Waals surface area contributed by atoms with Gasteiger partial charge in [0.25, 0.3) is 5.91 Å². The van der Waals surface area contributed by atoms with E-state index in [1.54, 1.807) is 12.4 Å². The molecule has 1 aromatic heterocycles. The van der Waals surface area contributed by atoms with Gasteiger partial charge in [-0.2, -0.15) is 0 Å². The summed E-state index contributed by atoms with van der Waals surface area (Å²) in [6, 6.07) is 8.34. The third kappa shape index (κ3) is 4.59. The minimum absolute atomic E-state index is 0.0828. The van der Waals surface area contributed by atoms with Gasteiger partial charge in [0.05, 0.1) is 17.4 Å². The molecule has 0 radical (unpaired) electrons. The Labute approximate surface area is 162 Å². The van der Waals surface area contributed by atoms with Crippen LogP contribution in [-0.4, -0.2) is 42.0 Å². The van der Waals surface area contributed by atoms with Crippen LogP contribution in [0.4, 0.5) is 17.1 Å². The summed E-state index contributed by atoms with van der Waals surface area (Å²) in [7, 11) is 0. The van der Waals surface area contributed by atoms with Crippen molar-refractivity contribution in [2.24, 2.45) is 0 Å². The Bertz CT molecular complexity index is 780. The largest absolute Gasteiger partial charge is 0.372 e. The van der Waals surface area contributed by atoms with E-state index in [1.165, 1.54) is 17.7 Å². The second-order valence-electron chi connectivity index (χ2n) is 7.11. The van der Waals surface area contributed by atoms with Crippen molar-refractivity contribution in [1.82, 2.24) is 9.88 Å². The normalized spacial score (nSPS) is 14.1. The van der Waals surface area contributed by atoms with Crippen molar-refractivity contribution < 1.29 is 4.79 Å². The van der Waals surface area contributed by atoms with Crippen LogP contribution in [0, 0.1) is 6.92 Å². The molecule has 1 aromatic carbocycles. The summed E-state index contributed by atoms with van der Waals surface area (Å²) >= 11 is 0. The number of likely N-dealkylation sites (tertiary alicyclic amines) is 1. The highest BCUT2D eigenvalue weighted by molar-refractivity contribution is 5.95. The fourth-order valence-electron chi connectivity index (χ4n) is 3.63. The first-order valence-corrected chi connectivity index (χ1v) is 9.99. The number of benzene rings is 1. The third-order valence-corrected chi connectivity index (χ3v) is 5.25. The molecule has 1 amide bonds. The predicted molar refractivity (Wildman–Crippen MR) is 112 cm³/mol. The second kappa shape index (κ2) is 8.89. The molecular formula is C22H30N4O. The van der Waals surface area contributed by atoms with E-state index in [1.807, 2.05) is 11.0 Å². The Hall–Kier alpha value is -2.56. The number of nitrogens with zero attached hydrogens (tertiary/aromatic N) is 3. The SMILES string of the molecule is CCN(CC)c1ccc(Nc2cncc(C(=O)N3CCCCC3)c2)c(C)c1. The first-order valence-electron chi connectivity index (χ1n) is 9.99. The van der Waals surface area contributed by atoms with Gasteiger partial charge in [-0.15, -0.1) is 0 Å². The highest BCUT2D eigenvalue weighted by Gasteiger charge is 2.18. The van der Waals surface area contributed by atoms with Crippen molar-refractivity contribution in [2.45, 2.75) is 40.0 Å². The van der Waals surface area contributed by atoms with Crippen molar-refractivity contribution in [3.8, 4) is 0 Å². The summed E-state index contributed by atoms with van der Waals surface area (Å²) in [6.07, 6.45) is 6.83. The Balaban J connectivity index is 1.75. The van der Waals surface area contributed by atoms with Crippen molar-refractivity contribution in [3.05, 3.63) is 47.8 Å². The average Bonchev–Trinajstić information content (AvgIpc) is 2.71. The molecule has 0 bridgehead atoms. The average molecular weight is 367 g/mol. The summed E-state index contributed by atoms with van der Waals surface area (Å²) in [5.74, 6) is 0.0828. The fraction of sp³-hybridized carbons (Fsp3) is 0.455. The molecule has 144 valence electrons. The van der Waals surface area contributed by atoms with E-state index in [0.29, 0.717) is 5.56 Å². The molecule has 0 atom stereocenters. The zero-order valence-electron chi connectivity index (χ0n) is 16.7. The van der Waals surface area contributed by atoms with Crippen LogP contribution in [0.2, 0.25) is 0 Å². The Morgan fingerprint density at radius 3 is 2.52 bits per heavy atom. The number of hydrogen-bond donors (Lipinski definition) is 1. The van der Waals surface area contributed by atoms with Gasteiger partial charge < -0.3 is 15.1 Å². The monoisotopic (exact) mass is 366 g/mol. The van der Waals surface area contributed by atoms with Gasteiger partial charge >= 0.3 is 0 Å². The van der Waals surface area contributed by atoms with E-state index >= 15 is 0 Å². The van der Waals surface area contributed by atoms with Crippen LogP contribution >= 0.6 is 0 Å². The Kier molecular flexibility index (Phi) is 6.32. The van der Waals surface area contributed by atoms with E-state index in [-0.39, 0.29) is 5.91 Å². The maximum atomic E-state index is 12.7. The van der Waals surface area contributed by atoms with Crippen molar-refractivity contribution in [3.63, 3.8) is 0 Å². The molecule has 0 spiro atoms. The molecule has 0 aliphatic carbocycles. The number of pyridine rings is 1. The molecule has 5 heteroatoms. The maximum absolute atomic E-state index is 12.7. The van der Waals surface area contributed by atoms with Gasteiger partial charge in [-0.25, -0.2) is 0 Å².